The largest absolute Gasteiger partial charge is 0.329 e. The maximum atomic E-state index is 12.2. The maximum absolute atomic E-state index is 12.2. The van der Waals surface area contributed by atoms with E-state index in [2.05, 4.69) is 26.6 Å². The summed E-state index contributed by atoms with van der Waals surface area (Å²) in [6.07, 6.45) is 0. The van der Waals surface area contributed by atoms with Crippen LogP contribution in [0, 0.1) is 0 Å². The zero-order chi connectivity index (χ0) is 17.1. The molecule has 2 N–H and O–H groups in total. The number of benzene rings is 2. The van der Waals surface area contributed by atoms with Crippen LogP contribution in [0.4, 0.5) is 10.5 Å². The van der Waals surface area contributed by atoms with Gasteiger partial charge in [0.1, 0.15) is 0 Å². The van der Waals surface area contributed by atoms with E-state index in [1.165, 1.54) is 0 Å². The van der Waals surface area contributed by atoms with E-state index in [4.69, 9.17) is 0 Å². The van der Waals surface area contributed by atoms with Crippen molar-refractivity contribution in [3.05, 3.63) is 64.1 Å². The molecule has 0 saturated carbocycles. The number of imide groups is 1. The Morgan fingerprint density at radius 1 is 1.17 bits per heavy atom. The lowest BCUT2D eigenvalue weighted by Gasteiger charge is -2.12. The van der Waals surface area contributed by atoms with Gasteiger partial charge < -0.3 is 10.6 Å². The average molecular weight is 388 g/mol. The quantitative estimate of drug-likeness (QED) is 0.791. The molecule has 6 nitrogen and oxygen atoms in total. The van der Waals surface area contributed by atoms with Crippen molar-refractivity contribution in [3.8, 4) is 0 Å². The molecule has 122 valence electrons. The van der Waals surface area contributed by atoms with Crippen molar-refractivity contribution in [1.29, 1.82) is 0 Å². The Balaban J connectivity index is 1.66. The Kier molecular flexibility index (Phi) is 4.61. The second-order valence-corrected chi connectivity index (χ2v) is 6.22. The van der Waals surface area contributed by atoms with E-state index in [-0.39, 0.29) is 24.9 Å². The summed E-state index contributed by atoms with van der Waals surface area (Å²) in [6.45, 7) is 0.226. The molecule has 0 unspecified atom stereocenters. The van der Waals surface area contributed by atoms with Gasteiger partial charge in [0.2, 0.25) is 5.91 Å². The van der Waals surface area contributed by atoms with Crippen LogP contribution in [0.15, 0.2) is 53.0 Å². The molecular formula is C17H14BrN3O3. The fraction of sp³-hybridized carbons (Fsp3) is 0.118. The minimum absolute atomic E-state index is 0.0337. The monoisotopic (exact) mass is 387 g/mol. The number of carbonyl (C=O) groups is 3. The molecular weight excluding hydrogens is 374 g/mol. The van der Waals surface area contributed by atoms with Crippen molar-refractivity contribution in [2.45, 2.75) is 6.54 Å². The fourth-order valence-electron chi connectivity index (χ4n) is 2.33. The molecule has 4 amide bonds. The van der Waals surface area contributed by atoms with Crippen LogP contribution in [-0.2, 0) is 11.3 Å². The summed E-state index contributed by atoms with van der Waals surface area (Å²) in [5.41, 5.74) is 1.97. The number of anilines is 1. The lowest BCUT2D eigenvalue weighted by atomic mass is 10.1. The van der Waals surface area contributed by atoms with Crippen LogP contribution < -0.4 is 10.6 Å². The number of carbonyl (C=O) groups excluding carboxylic acids is 3. The van der Waals surface area contributed by atoms with Crippen LogP contribution in [0.1, 0.15) is 15.9 Å². The summed E-state index contributed by atoms with van der Waals surface area (Å²) >= 11 is 3.35. The zero-order valence-corrected chi connectivity index (χ0v) is 14.2. The first-order valence-corrected chi connectivity index (χ1v) is 8.06. The molecule has 1 heterocycles. The first-order chi connectivity index (χ1) is 11.5. The van der Waals surface area contributed by atoms with Crippen LogP contribution in [0.3, 0.4) is 0 Å². The summed E-state index contributed by atoms with van der Waals surface area (Å²) in [4.78, 5) is 36.5. The van der Waals surface area contributed by atoms with Crippen molar-refractivity contribution in [2.75, 3.05) is 11.9 Å². The number of nitrogens with one attached hydrogen (secondary N) is 2. The molecule has 0 spiro atoms. The standard InChI is InChI=1S/C17H14BrN3O3/c18-13-2-1-3-14(8-13)20-16(23)12-6-4-11(5-7-12)10-21-15(22)9-19-17(21)24/h1-8H,9-10H2,(H,19,24)(H,20,23). The number of amides is 4. The summed E-state index contributed by atoms with van der Waals surface area (Å²) in [7, 11) is 0. The highest BCUT2D eigenvalue weighted by Crippen LogP contribution is 2.17. The maximum Gasteiger partial charge on any atom is 0.324 e. The van der Waals surface area contributed by atoms with Gasteiger partial charge >= 0.3 is 6.03 Å². The van der Waals surface area contributed by atoms with Gasteiger partial charge in [-0.2, -0.15) is 0 Å². The molecule has 2 aromatic rings. The van der Waals surface area contributed by atoms with Crippen molar-refractivity contribution < 1.29 is 14.4 Å². The lowest BCUT2D eigenvalue weighted by molar-refractivity contribution is -0.125. The predicted octanol–water partition coefficient (Wildman–Crippen LogP) is 2.75. The number of hydrogen-bond donors (Lipinski definition) is 2. The number of urea groups is 1. The van der Waals surface area contributed by atoms with Gasteiger partial charge in [-0.25, -0.2) is 4.79 Å². The number of rotatable bonds is 4. The van der Waals surface area contributed by atoms with Crippen molar-refractivity contribution in [1.82, 2.24) is 10.2 Å². The van der Waals surface area contributed by atoms with Crippen LogP contribution in [0.25, 0.3) is 0 Å². The molecule has 0 radical (unpaired) electrons. The van der Waals surface area contributed by atoms with E-state index in [1.54, 1.807) is 30.3 Å². The van der Waals surface area contributed by atoms with Crippen LogP contribution in [0.5, 0.6) is 0 Å². The number of hydrogen-bond acceptors (Lipinski definition) is 3. The Labute approximate surface area is 147 Å². The molecule has 0 aromatic heterocycles. The van der Waals surface area contributed by atoms with Gasteiger partial charge in [0, 0.05) is 15.7 Å². The second-order valence-electron chi connectivity index (χ2n) is 5.30. The fourth-order valence-corrected chi connectivity index (χ4v) is 2.73. The summed E-state index contributed by atoms with van der Waals surface area (Å²) < 4.78 is 0.879. The molecule has 0 aliphatic carbocycles. The topological polar surface area (TPSA) is 78.5 Å². The minimum Gasteiger partial charge on any atom is -0.329 e. The Morgan fingerprint density at radius 2 is 1.92 bits per heavy atom. The third kappa shape index (κ3) is 3.62. The van der Waals surface area contributed by atoms with E-state index < -0.39 is 6.03 Å². The van der Waals surface area contributed by atoms with E-state index in [0.29, 0.717) is 11.3 Å². The van der Waals surface area contributed by atoms with Gasteiger partial charge in [0.25, 0.3) is 5.91 Å². The summed E-state index contributed by atoms with van der Waals surface area (Å²) in [5.74, 6) is -0.480. The highest BCUT2D eigenvalue weighted by molar-refractivity contribution is 9.10. The third-order valence-corrected chi connectivity index (χ3v) is 4.07. The van der Waals surface area contributed by atoms with Gasteiger partial charge in [-0.3, -0.25) is 14.5 Å². The van der Waals surface area contributed by atoms with Gasteiger partial charge in [-0.1, -0.05) is 34.1 Å². The molecule has 1 fully saturated rings. The van der Waals surface area contributed by atoms with Gasteiger partial charge in [-0.15, -0.1) is 0 Å². The summed E-state index contributed by atoms with van der Waals surface area (Å²) in [6, 6.07) is 13.7. The first-order valence-electron chi connectivity index (χ1n) is 7.27. The number of nitrogens with zero attached hydrogens (tertiary/aromatic N) is 1. The van der Waals surface area contributed by atoms with E-state index in [9.17, 15) is 14.4 Å². The van der Waals surface area contributed by atoms with Gasteiger partial charge in [0.05, 0.1) is 13.1 Å². The van der Waals surface area contributed by atoms with Crippen molar-refractivity contribution in [3.63, 3.8) is 0 Å². The Hall–Kier alpha value is -2.67. The predicted molar refractivity (Wildman–Crippen MR) is 92.5 cm³/mol. The first kappa shape index (κ1) is 16.2. The molecule has 1 aliphatic heterocycles. The molecule has 0 atom stereocenters. The highest BCUT2D eigenvalue weighted by Gasteiger charge is 2.28. The molecule has 24 heavy (non-hydrogen) atoms. The molecule has 2 aromatic carbocycles. The third-order valence-electron chi connectivity index (χ3n) is 3.58. The minimum atomic E-state index is -0.392. The lowest BCUT2D eigenvalue weighted by Crippen LogP contribution is -2.30. The van der Waals surface area contributed by atoms with E-state index >= 15 is 0 Å². The highest BCUT2D eigenvalue weighted by atomic mass is 79.9. The van der Waals surface area contributed by atoms with Gasteiger partial charge in [-0.05, 0) is 35.9 Å². The average Bonchev–Trinajstić information content (AvgIpc) is 2.87. The van der Waals surface area contributed by atoms with E-state index in [1.807, 2.05) is 18.2 Å². The molecule has 1 aliphatic rings. The SMILES string of the molecule is O=C(Nc1cccc(Br)c1)c1ccc(CN2C(=O)CNC2=O)cc1. The molecule has 0 bridgehead atoms. The van der Waals surface area contributed by atoms with Gasteiger partial charge in [0.15, 0.2) is 0 Å². The van der Waals surface area contributed by atoms with E-state index in [0.717, 1.165) is 14.9 Å². The second kappa shape index (κ2) is 6.84. The Bertz CT molecular complexity index is 789. The smallest absolute Gasteiger partial charge is 0.324 e. The summed E-state index contributed by atoms with van der Waals surface area (Å²) in [5, 5.41) is 5.28. The normalized spacial score (nSPS) is 13.8. The van der Waals surface area contributed by atoms with Crippen LogP contribution in [0.2, 0.25) is 0 Å². The molecule has 3 rings (SSSR count). The molecule has 1 saturated heterocycles. The van der Waals surface area contributed by atoms with Crippen LogP contribution in [-0.4, -0.2) is 29.3 Å². The Morgan fingerprint density at radius 3 is 2.54 bits per heavy atom. The van der Waals surface area contributed by atoms with Crippen molar-refractivity contribution >= 4 is 39.5 Å². The van der Waals surface area contributed by atoms with Crippen molar-refractivity contribution in [2.24, 2.45) is 0 Å². The zero-order valence-electron chi connectivity index (χ0n) is 12.6. The number of halogens is 1. The molecule has 7 heteroatoms. The van der Waals surface area contributed by atoms with Crippen LogP contribution >= 0.6 is 15.9 Å².